The van der Waals surface area contributed by atoms with Gasteiger partial charge in [0.15, 0.2) is 0 Å². The summed E-state index contributed by atoms with van der Waals surface area (Å²) in [6.45, 7) is 2.11. The number of aliphatic hydroxyl groups is 1. The van der Waals surface area contributed by atoms with Crippen molar-refractivity contribution in [3.63, 3.8) is 0 Å². The van der Waals surface area contributed by atoms with Gasteiger partial charge >= 0.3 is 0 Å². The zero-order chi connectivity index (χ0) is 10.8. The first kappa shape index (κ1) is 11.3. The first-order chi connectivity index (χ1) is 6.38. The summed E-state index contributed by atoms with van der Waals surface area (Å²) in [6, 6.07) is 1.78. The summed E-state index contributed by atoms with van der Waals surface area (Å²) in [5, 5.41) is 9.23. The molecule has 1 aromatic heterocycles. The quantitative estimate of drug-likeness (QED) is 0.802. The van der Waals surface area contributed by atoms with Crippen LogP contribution < -0.4 is 0 Å². The van der Waals surface area contributed by atoms with Crippen molar-refractivity contribution in [2.45, 2.75) is 19.6 Å². The van der Waals surface area contributed by atoms with Gasteiger partial charge in [-0.25, -0.2) is 8.42 Å². The Labute approximate surface area is 84.1 Å². The molecule has 1 heterocycles. The summed E-state index contributed by atoms with van der Waals surface area (Å²) in [4.78, 5) is 0. The second-order valence-corrected chi connectivity index (χ2v) is 5.75. The highest BCUT2D eigenvalue weighted by Crippen LogP contribution is 2.11. The smallest absolute Gasteiger partial charge is 0.149 e. The Balaban J connectivity index is 2.61. The highest BCUT2D eigenvalue weighted by atomic mass is 32.2. The maximum absolute atomic E-state index is 10.9. The van der Waals surface area contributed by atoms with Gasteiger partial charge in [0, 0.05) is 25.2 Å². The monoisotopic (exact) mass is 217 g/mol. The van der Waals surface area contributed by atoms with E-state index in [9.17, 15) is 13.5 Å². The minimum absolute atomic E-state index is 0.126. The van der Waals surface area contributed by atoms with Crippen LogP contribution in [-0.4, -0.2) is 30.1 Å². The van der Waals surface area contributed by atoms with E-state index in [1.165, 1.54) is 6.26 Å². The molecule has 1 N–H and O–H groups in total. The van der Waals surface area contributed by atoms with Gasteiger partial charge in [0.25, 0.3) is 0 Å². The molecule has 0 saturated carbocycles. The molecule has 0 aliphatic rings. The number of nitrogens with zero attached hydrogens (tertiary/aromatic N) is 1. The van der Waals surface area contributed by atoms with Crippen LogP contribution in [-0.2, 0) is 16.4 Å². The van der Waals surface area contributed by atoms with Crippen molar-refractivity contribution in [2.24, 2.45) is 0 Å². The molecule has 14 heavy (non-hydrogen) atoms. The number of hydrogen-bond acceptors (Lipinski definition) is 3. The van der Waals surface area contributed by atoms with Gasteiger partial charge in [-0.1, -0.05) is 0 Å². The normalized spacial score (nSPS) is 14.2. The van der Waals surface area contributed by atoms with E-state index in [2.05, 4.69) is 0 Å². The number of rotatable bonds is 4. The lowest BCUT2D eigenvalue weighted by Gasteiger charge is -2.01. The van der Waals surface area contributed by atoms with Crippen LogP contribution in [0.4, 0.5) is 0 Å². The zero-order valence-corrected chi connectivity index (χ0v) is 9.16. The van der Waals surface area contributed by atoms with E-state index in [4.69, 9.17) is 0 Å². The van der Waals surface area contributed by atoms with Crippen LogP contribution in [0.2, 0.25) is 0 Å². The van der Waals surface area contributed by atoms with E-state index in [1.807, 2.05) is 0 Å². The average molecular weight is 217 g/mol. The molecule has 0 aliphatic carbocycles. The topological polar surface area (TPSA) is 59.3 Å². The Kier molecular flexibility index (Phi) is 3.34. The van der Waals surface area contributed by atoms with Crippen LogP contribution in [0.25, 0.3) is 0 Å². The van der Waals surface area contributed by atoms with Gasteiger partial charge in [-0.05, 0) is 18.6 Å². The van der Waals surface area contributed by atoms with Crippen molar-refractivity contribution in [3.8, 4) is 0 Å². The third-order valence-electron chi connectivity index (χ3n) is 1.98. The van der Waals surface area contributed by atoms with E-state index >= 15 is 0 Å². The van der Waals surface area contributed by atoms with Gasteiger partial charge in [-0.15, -0.1) is 0 Å². The van der Waals surface area contributed by atoms with Crippen molar-refractivity contribution < 1.29 is 13.5 Å². The number of aryl methyl sites for hydroxylation is 1. The van der Waals surface area contributed by atoms with E-state index in [0.29, 0.717) is 6.54 Å². The average Bonchev–Trinajstić information content (AvgIpc) is 2.47. The molecule has 1 atom stereocenters. The largest absolute Gasteiger partial charge is 0.389 e. The predicted molar refractivity (Wildman–Crippen MR) is 54.8 cm³/mol. The molecule has 0 bridgehead atoms. The highest BCUT2D eigenvalue weighted by molar-refractivity contribution is 7.90. The molecule has 4 nitrogen and oxygen atoms in total. The fourth-order valence-corrected chi connectivity index (χ4v) is 1.66. The molecule has 5 heteroatoms. The number of sulfone groups is 1. The van der Waals surface area contributed by atoms with Crippen molar-refractivity contribution in [2.75, 3.05) is 12.0 Å². The van der Waals surface area contributed by atoms with Crippen molar-refractivity contribution in [3.05, 3.63) is 24.0 Å². The summed E-state index contributed by atoms with van der Waals surface area (Å²) >= 11 is 0. The second kappa shape index (κ2) is 4.14. The van der Waals surface area contributed by atoms with Crippen molar-refractivity contribution >= 4 is 9.84 Å². The van der Waals surface area contributed by atoms with Crippen LogP contribution in [0.1, 0.15) is 18.6 Å². The molecule has 0 saturated heterocycles. The lowest BCUT2D eigenvalue weighted by atomic mass is 10.2. The van der Waals surface area contributed by atoms with E-state index < -0.39 is 15.9 Å². The molecule has 0 aliphatic heterocycles. The molecule has 0 fully saturated rings. The molecule has 0 aromatic carbocycles. The molecular formula is C9H15NO3S. The molecule has 0 radical (unpaired) electrons. The molecule has 80 valence electrons. The van der Waals surface area contributed by atoms with E-state index in [0.717, 1.165) is 5.56 Å². The Hall–Kier alpha value is -0.810. The van der Waals surface area contributed by atoms with Crippen LogP contribution >= 0.6 is 0 Å². The van der Waals surface area contributed by atoms with Gasteiger partial charge < -0.3 is 9.67 Å². The van der Waals surface area contributed by atoms with Crippen LogP contribution in [0.5, 0.6) is 0 Å². The van der Waals surface area contributed by atoms with E-state index in [-0.39, 0.29) is 5.75 Å². The van der Waals surface area contributed by atoms with Gasteiger partial charge in [-0.3, -0.25) is 0 Å². The minimum Gasteiger partial charge on any atom is -0.389 e. The predicted octanol–water partition coefficient (Wildman–Crippen LogP) is 0.586. The number of aromatic nitrogens is 1. The van der Waals surface area contributed by atoms with Crippen LogP contribution in [0.15, 0.2) is 18.5 Å². The summed E-state index contributed by atoms with van der Waals surface area (Å²) in [5.74, 6) is 0.126. The lowest BCUT2D eigenvalue weighted by Crippen LogP contribution is -2.09. The number of aliphatic hydroxyl groups excluding tert-OH is 1. The molecule has 1 aromatic rings. The maximum Gasteiger partial charge on any atom is 0.149 e. The second-order valence-electron chi connectivity index (χ2n) is 3.49. The zero-order valence-electron chi connectivity index (χ0n) is 8.34. The van der Waals surface area contributed by atoms with Gasteiger partial charge in [0.1, 0.15) is 9.84 Å². The van der Waals surface area contributed by atoms with Gasteiger partial charge in [0.2, 0.25) is 0 Å². The maximum atomic E-state index is 10.9. The fraction of sp³-hybridized carbons (Fsp3) is 0.556. The summed E-state index contributed by atoms with van der Waals surface area (Å²) in [6.07, 6.45) is 4.24. The van der Waals surface area contributed by atoms with Crippen LogP contribution in [0, 0.1) is 0 Å². The third kappa shape index (κ3) is 3.51. The molecule has 0 spiro atoms. The molecule has 1 rings (SSSR count). The van der Waals surface area contributed by atoms with Crippen LogP contribution in [0.3, 0.4) is 0 Å². The fourth-order valence-electron chi connectivity index (χ4n) is 1.12. The van der Waals surface area contributed by atoms with Crippen molar-refractivity contribution in [1.29, 1.82) is 0 Å². The Morgan fingerprint density at radius 2 is 2.21 bits per heavy atom. The standard InChI is InChI=1S/C9H15NO3S/c1-8(11)9-3-4-10(7-9)5-6-14(2,12)13/h3-4,7-8,11H,5-6H2,1-2H3. The minimum atomic E-state index is -2.92. The van der Waals surface area contributed by atoms with E-state index in [1.54, 1.807) is 30.0 Å². The third-order valence-corrected chi connectivity index (χ3v) is 2.90. The summed E-state index contributed by atoms with van der Waals surface area (Å²) in [5.41, 5.74) is 0.804. The Morgan fingerprint density at radius 3 is 2.64 bits per heavy atom. The SMILES string of the molecule is CC(O)c1ccn(CCS(C)(=O)=O)c1. The molecular weight excluding hydrogens is 202 g/mol. The number of hydrogen-bond donors (Lipinski definition) is 1. The summed E-state index contributed by atoms with van der Waals surface area (Å²) < 4.78 is 23.5. The van der Waals surface area contributed by atoms with Gasteiger partial charge in [-0.2, -0.15) is 0 Å². The van der Waals surface area contributed by atoms with Crippen molar-refractivity contribution in [1.82, 2.24) is 4.57 Å². The first-order valence-electron chi connectivity index (χ1n) is 4.40. The Morgan fingerprint density at radius 1 is 1.57 bits per heavy atom. The summed E-state index contributed by atoms with van der Waals surface area (Å²) in [7, 11) is -2.92. The first-order valence-corrected chi connectivity index (χ1v) is 6.46. The Bertz CT molecular complexity index is 392. The molecule has 1 unspecified atom stereocenters. The van der Waals surface area contributed by atoms with Gasteiger partial charge in [0.05, 0.1) is 11.9 Å². The highest BCUT2D eigenvalue weighted by Gasteiger charge is 2.05. The lowest BCUT2D eigenvalue weighted by molar-refractivity contribution is 0.199. The molecule has 0 amide bonds.